The van der Waals surface area contributed by atoms with Gasteiger partial charge in [-0.1, -0.05) is 44.2 Å². The van der Waals surface area contributed by atoms with Gasteiger partial charge in [0.2, 0.25) is 0 Å². The molecule has 128 valence electrons. The maximum Gasteiger partial charge on any atom is 0.255 e. The van der Waals surface area contributed by atoms with Gasteiger partial charge >= 0.3 is 0 Å². The Morgan fingerprint density at radius 1 is 1.12 bits per heavy atom. The number of aromatic nitrogens is 1. The highest BCUT2D eigenvalue weighted by molar-refractivity contribution is 6.03. The van der Waals surface area contributed by atoms with Crippen molar-refractivity contribution in [2.24, 2.45) is 0 Å². The molecule has 0 unspecified atom stereocenters. The van der Waals surface area contributed by atoms with Gasteiger partial charge in [0.05, 0.1) is 12.6 Å². The highest BCUT2D eigenvalue weighted by Gasteiger charge is 2.19. The lowest BCUT2D eigenvalue weighted by molar-refractivity contribution is 0.0972. The van der Waals surface area contributed by atoms with Crippen LogP contribution in [-0.4, -0.2) is 17.6 Å². The summed E-state index contributed by atoms with van der Waals surface area (Å²) in [5.74, 6) is 1.09. The maximum absolute atomic E-state index is 12.9. The van der Waals surface area contributed by atoms with Gasteiger partial charge in [-0.3, -0.25) is 9.36 Å². The first-order chi connectivity index (χ1) is 12.0. The molecular formula is C22H23NO2. The predicted octanol–water partition coefficient (Wildman–Crippen LogP) is 5.44. The lowest BCUT2D eigenvalue weighted by atomic mass is 10.00. The number of fused-ring (bicyclic) bond motifs is 1. The van der Waals surface area contributed by atoms with E-state index in [0.717, 1.165) is 27.9 Å². The largest absolute Gasteiger partial charge is 0.497 e. The Hall–Kier alpha value is -2.81. The molecule has 0 saturated heterocycles. The van der Waals surface area contributed by atoms with Gasteiger partial charge < -0.3 is 4.74 Å². The Morgan fingerprint density at radius 3 is 2.48 bits per heavy atom. The fourth-order valence-electron chi connectivity index (χ4n) is 3.37. The number of benzene rings is 2. The molecule has 3 rings (SSSR count). The van der Waals surface area contributed by atoms with Crippen molar-refractivity contribution in [3.05, 3.63) is 71.4 Å². The van der Waals surface area contributed by atoms with Crippen molar-refractivity contribution in [2.45, 2.75) is 26.7 Å². The molecule has 0 aliphatic carbocycles. The minimum atomic E-state index is -0.0385. The molecule has 0 spiro atoms. The van der Waals surface area contributed by atoms with Crippen molar-refractivity contribution in [3.63, 3.8) is 0 Å². The van der Waals surface area contributed by atoms with E-state index in [-0.39, 0.29) is 5.91 Å². The highest BCUT2D eigenvalue weighted by Crippen LogP contribution is 2.34. The van der Waals surface area contributed by atoms with Gasteiger partial charge in [0.1, 0.15) is 5.75 Å². The van der Waals surface area contributed by atoms with E-state index in [1.54, 1.807) is 17.8 Å². The highest BCUT2D eigenvalue weighted by atomic mass is 16.5. The molecular weight excluding hydrogens is 310 g/mol. The third-order valence-electron chi connectivity index (χ3n) is 4.48. The Morgan fingerprint density at radius 2 is 1.84 bits per heavy atom. The molecule has 0 fully saturated rings. The third kappa shape index (κ3) is 3.22. The SMILES string of the molecule is COc1ccc2c(c1)c(C(C)C)c(C)n2C(=O)/C=C/c1ccccc1. The Kier molecular flexibility index (Phi) is 4.75. The molecule has 2 aromatic carbocycles. The summed E-state index contributed by atoms with van der Waals surface area (Å²) in [5.41, 5.74) is 4.11. The minimum Gasteiger partial charge on any atom is -0.497 e. The van der Waals surface area contributed by atoms with E-state index < -0.39 is 0 Å². The van der Waals surface area contributed by atoms with Crippen LogP contribution in [0.3, 0.4) is 0 Å². The smallest absolute Gasteiger partial charge is 0.255 e. The number of rotatable bonds is 4. The normalized spacial score (nSPS) is 11.6. The van der Waals surface area contributed by atoms with Crippen LogP contribution in [0.15, 0.2) is 54.6 Å². The lowest BCUT2D eigenvalue weighted by Gasteiger charge is -2.07. The number of allylic oxidation sites excluding steroid dienone is 1. The molecule has 0 aliphatic heterocycles. The second-order valence-electron chi connectivity index (χ2n) is 6.45. The van der Waals surface area contributed by atoms with Gasteiger partial charge in [0, 0.05) is 17.2 Å². The molecule has 3 heteroatoms. The topological polar surface area (TPSA) is 31.2 Å². The number of carbonyl (C=O) groups is 1. The summed E-state index contributed by atoms with van der Waals surface area (Å²) in [4.78, 5) is 12.9. The van der Waals surface area contributed by atoms with E-state index in [0.29, 0.717) is 5.92 Å². The van der Waals surface area contributed by atoms with Gasteiger partial charge in [0.15, 0.2) is 0 Å². The van der Waals surface area contributed by atoms with Gasteiger partial charge in [-0.05, 0) is 48.2 Å². The molecule has 25 heavy (non-hydrogen) atoms. The first-order valence-corrected chi connectivity index (χ1v) is 8.49. The second kappa shape index (κ2) is 6.98. The zero-order valence-corrected chi connectivity index (χ0v) is 15.1. The molecule has 0 bridgehead atoms. The quantitative estimate of drug-likeness (QED) is 0.596. The third-order valence-corrected chi connectivity index (χ3v) is 4.48. The number of hydrogen-bond acceptors (Lipinski definition) is 2. The molecule has 0 radical (unpaired) electrons. The molecule has 0 amide bonds. The second-order valence-corrected chi connectivity index (χ2v) is 6.45. The average molecular weight is 333 g/mol. The van der Waals surface area contributed by atoms with Crippen LogP contribution >= 0.6 is 0 Å². The predicted molar refractivity (Wildman–Crippen MR) is 103 cm³/mol. The Labute approximate surface area is 148 Å². The van der Waals surface area contributed by atoms with Gasteiger partial charge in [-0.15, -0.1) is 0 Å². The van der Waals surface area contributed by atoms with Gasteiger partial charge in [-0.2, -0.15) is 0 Å². The Bertz CT molecular complexity index is 934. The van der Waals surface area contributed by atoms with Crippen LogP contribution in [0.1, 0.15) is 41.4 Å². The van der Waals surface area contributed by atoms with Crippen LogP contribution in [0, 0.1) is 6.92 Å². The summed E-state index contributed by atoms with van der Waals surface area (Å²) in [6.07, 6.45) is 3.49. The first-order valence-electron chi connectivity index (χ1n) is 8.49. The number of nitrogens with zero attached hydrogens (tertiary/aromatic N) is 1. The number of methoxy groups -OCH3 is 1. The summed E-state index contributed by atoms with van der Waals surface area (Å²) >= 11 is 0. The van der Waals surface area contributed by atoms with Crippen LogP contribution in [0.25, 0.3) is 17.0 Å². The van der Waals surface area contributed by atoms with E-state index >= 15 is 0 Å². The molecule has 0 saturated carbocycles. The van der Waals surface area contributed by atoms with E-state index in [1.165, 1.54) is 5.56 Å². The van der Waals surface area contributed by atoms with Crippen LogP contribution in [0.4, 0.5) is 0 Å². The number of carbonyl (C=O) groups excluding carboxylic acids is 1. The zero-order valence-electron chi connectivity index (χ0n) is 15.1. The number of hydrogen-bond donors (Lipinski definition) is 0. The standard InChI is InChI=1S/C22H23NO2/c1-15(2)22-16(3)23(20-12-11-18(25-4)14-19(20)22)21(24)13-10-17-8-6-5-7-9-17/h5-15H,1-4H3/b13-10+. The van der Waals surface area contributed by atoms with Crippen molar-refractivity contribution >= 4 is 22.9 Å². The van der Waals surface area contributed by atoms with Crippen molar-refractivity contribution in [3.8, 4) is 5.75 Å². The van der Waals surface area contributed by atoms with Crippen molar-refractivity contribution in [1.29, 1.82) is 0 Å². The van der Waals surface area contributed by atoms with Gasteiger partial charge in [-0.25, -0.2) is 0 Å². The Balaban J connectivity index is 2.11. The van der Waals surface area contributed by atoms with Crippen LogP contribution < -0.4 is 4.74 Å². The van der Waals surface area contributed by atoms with Crippen LogP contribution in [-0.2, 0) is 0 Å². The minimum absolute atomic E-state index is 0.0385. The molecule has 1 heterocycles. The van der Waals surface area contributed by atoms with Gasteiger partial charge in [0.25, 0.3) is 5.91 Å². The lowest BCUT2D eigenvalue weighted by Crippen LogP contribution is -2.09. The summed E-state index contributed by atoms with van der Waals surface area (Å²) in [6.45, 7) is 6.31. The molecule has 1 aromatic heterocycles. The van der Waals surface area contributed by atoms with E-state index in [9.17, 15) is 4.79 Å². The monoisotopic (exact) mass is 333 g/mol. The maximum atomic E-state index is 12.9. The fraction of sp³-hybridized carbons (Fsp3) is 0.227. The average Bonchev–Trinajstić information content (AvgIpc) is 2.91. The molecule has 0 aliphatic rings. The van der Waals surface area contributed by atoms with Crippen LogP contribution in [0.2, 0.25) is 0 Å². The molecule has 3 aromatic rings. The number of ether oxygens (including phenoxy) is 1. The van der Waals surface area contributed by atoms with E-state index in [2.05, 4.69) is 13.8 Å². The van der Waals surface area contributed by atoms with E-state index in [4.69, 9.17) is 4.74 Å². The molecule has 0 N–H and O–H groups in total. The zero-order chi connectivity index (χ0) is 18.0. The van der Waals surface area contributed by atoms with Crippen molar-refractivity contribution in [1.82, 2.24) is 4.57 Å². The summed E-state index contributed by atoms with van der Waals surface area (Å²) < 4.78 is 7.16. The molecule has 0 atom stereocenters. The summed E-state index contributed by atoms with van der Waals surface area (Å²) in [6, 6.07) is 15.7. The molecule has 3 nitrogen and oxygen atoms in total. The van der Waals surface area contributed by atoms with Crippen molar-refractivity contribution in [2.75, 3.05) is 7.11 Å². The fourth-order valence-corrected chi connectivity index (χ4v) is 3.37. The van der Waals surface area contributed by atoms with E-state index in [1.807, 2.05) is 61.5 Å². The van der Waals surface area contributed by atoms with Crippen molar-refractivity contribution < 1.29 is 9.53 Å². The summed E-state index contributed by atoms with van der Waals surface area (Å²) in [5, 5.41) is 1.08. The summed E-state index contributed by atoms with van der Waals surface area (Å²) in [7, 11) is 1.66. The van der Waals surface area contributed by atoms with Crippen LogP contribution in [0.5, 0.6) is 5.75 Å². The first kappa shape index (κ1) is 17.0.